The molecule has 0 saturated carbocycles. The fourth-order valence-electron chi connectivity index (χ4n) is 1.28. The quantitative estimate of drug-likeness (QED) is 0.592. The minimum atomic E-state index is 0.600. The molecule has 1 aromatic rings. The van der Waals surface area contributed by atoms with Crippen LogP contribution < -0.4 is 0 Å². The Balaban J connectivity index is 2.74. The molecule has 1 rings (SSSR count). The predicted molar refractivity (Wildman–Crippen MR) is 54.4 cm³/mol. The van der Waals surface area contributed by atoms with Gasteiger partial charge in [-0.1, -0.05) is 42.8 Å². The molecule has 0 aliphatic carbocycles. The topological polar surface area (TPSA) is 0 Å². The summed E-state index contributed by atoms with van der Waals surface area (Å²) in [7, 11) is 0. The molecule has 1 aromatic carbocycles. The second-order valence-electron chi connectivity index (χ2n) is 3.34. The van der Waals surface area contributed by atoms with Crippen molar-refractivity contribution >= 4 is 0 Å². The molecule has 0 radical (unpaired) electrons. The summed E-state index contributed by atoms with van der Waals surface area (Å²) in [4.78, 5) is 0. The van der Waals surface area contributed by atoms with Crippen molar-refractivity contribution in [2.75, 3.05) is 0 Å². The van der Waals surface area contributed by atoms with Gasteiger partial charge in [-0.2, -0.15) is 0 Å². The van der Waals surface area contributed by atoms with E-state index in [1.807, 2.05) is 6.08 Å². The van der Waals surface area contributed by atoms with Crippen molar-refractivity contribution in [1.29, 1.82) is 0 Å². The molecule has 0 heteroatoms. The molecule has 1 unspecified atom stereocenters. The van der Waals surface area contributed by atoms with Crippen LogP contribution in [-0.4, -0.2) is 0 Å². The number of rotatable bonds is 3. The summed E-state index contributed by atoms with van der Waals surface area (Å²) in [5.74, 6) is 0.600. The van der Waals surface area contributed by atoms with Crippen molar-refractivity contribution < 1.29 is 0 Å². The Bertz CT molecular complexity index is 243. The lowest BCUT2D eigenvalue weighted by atomic mass is 9.97. The number of hydrogen-bond donors (Lipinski definition) is 0. The first-order valence-electron chi connectivity index (χ1n) is 4.41. The van der Waals surface area contributed by atoms with Crippen LogP contribution in [-0.2, 0) is 0 Å². The van der Waals surface area contributed by atoms with Crippen molar-refractivity contribution in [3.05, 3.63) is 48.0 Å². The van der Waals surface area contributed by atoms with Crippen LogP contribution in [0.5, 0.6) is 0 Å². The molecular formula is C12H16. The van der Waals surface area contributed by atoms with Crippen molar-refractivity contribution in [1.82, 2.24) is 0 Å². The van der Waals surface area contributed by atoms with Crippen LogP contribution in [0.25, 0.3) is 0 Å². The Kier molecular flexibility index (Phi) is 3.09. The lowest BCUT2D eigenvalue weighted by molar-refractivity contribution is 0.781. The maximum atomic E-state index is 3.74. The zero-order chi connectivity index (χ0) is 8.97. The van der Waals surface area contributed by atoms with Crippen LogP contribution in [0.3, 0.4) is 0 Å². The number of allylic oxidation sites excluding steroid dienone is 1. The molecule has 0 nitrogen and oxygen atoms in total. The van der Waals surface area contributed by atoms with E-state index in [4.69, 9.17) is 0 Å². The molecule has 0 saturated heterocycles. The average Bonchev–Trinajstić information content (AvgIpc) is 2.06. The zero-order valence-electron chi connectivity index (χ0n) is 7.88. The van der Waals surface area contributed by atoms with E-state index in [9.17, 15) is 0 Å². The van der Waals surface area contributed by atoms with Gasteiger partial charge in [0, 0.05) is 0 Å². The molecule has 0 fully saturated rings. The van der Waals surface area contributed by atoms with Crippen LogP contribution >= 0.6 is 0 Å². The lowest BCUT2D eigenvalue weighted by Crippen LogP contribution is -1.90. The molecule has 0 N–H and O–H groups in total. The van der Waals surface area contributed by atoms with Crippen LogP contribution in [0, 0.1) is 6.92 Å². The molecule has 0 aliphatic rings. The Labute approximate surface area is 74.9 Å². The van der Waals surface area contributed by atoms with E-state index in [2.05, 4.69) is 44.7 Å². The molecule has 0 aromatic heterocycles. The summed E-state index contributed by atoms with van der Waals surface area (Å²) in [5, 5.41) is 0. The molecule has 0 aliphatic heterocycles. The van der Waals surface area contributed by atoms with Crippen molar-refractivity contribution in [2.45, 2.75) is 26.2 Å². The van der Waals surface area contributed by atoms with E-state index >= 15 is 0 Å². The van der Waals surface area contributed by atoms with Crippen LogP contribution in [0.2, 0.25) is 0 Å². The fourth-order valence-corrected chi connectivity index (χ4v) is 1.28. The van der Waals surface area contributed by atoms with Crippen LogP contribution in [0.1, 0.15) is 30.4 Å². The van der Waals surface area contributed by atoms with Crippen LogP contribution in [0.4, 0.5) is 0 Å². The van der Waals surface area contributed by atoms with Gasteiger partial charge >= 0.3 is 0 Å². The summed E-state index contributed by atoms with van der Waals surface area (Å²) in [6.45, 7) is 8.09. The number of hydrogen-bond acceptors (Lipinski definition) is 0. The molecule has 0 bridgehead atoms. The molecule has 1 atom stereocenters. The number of aryl methyl sites for hydroxylation is 1. The largest absolute Gasteiger partial charge is 0.103 e. The van der Waals surface area contributed by atoms with Crippen molar-refractivity contribution in [2.24, 2.45) is 0 Å². The van der Waals surface area contributed by atoms with Gasteiger partial charge in [0.1, 0.15) is 0 Å². The highest BCUT2D eigenvalue weighted by Crippen LogP contribution is 2.19. The molecule has 64 valence electrons. The van der Waals surface area contributed by atoms with Gasteiger partial charge < -0.3 is 0 Å². The highest BCUT2D eigenvalue weighted by Gasteiger charge is 2.01. The van der Waals surface area contributed by atoms with E-state index in [-0.39, 0.29) is 0 Å². The first-order valence-corrected chi connectivity index (χ1v) is 4.41. The minimum Gasteiger partial charge on any atom is -0.103 e. The van der Waals surface area contributed by atoms with E-state index < -0.39 is 0 Å². The standard InChI is InChI=1S/C12H16/c1-4-5-11(3)12-8-6-10(2)7-9-12/h4,6-9,11H,1,5H2,2-3H3. The van der Waals surface area contributed by atoms with E-state index in [1.54, 1.807) is 0 Å². The minimum absolute atomic E-state index is 0.600. The predicted octanol–water partition coefficient (Wildman–Crippen LogP) is 3.67. The molecule has 0 spiro atoms. The third-order valence-corrected chi connectivity index (χ3v) is 2.17. The Morgan fingerprint density at radius 2 is 1.92 bits per heavy atom. The van der Waals surface area contributed by atoms with Gasteiger partial charge in [-0.3, -0.25) is 0 Å². The Hall–Kier alpha value is -1.04. The number of benzene rings is 1. The van der Waals surface area contributed by atoms with Gasteiger partial charge in [0.15, 0.2) is 0 Å². The third-order valence-electron chi connectivity index (χ3n) is 2.17. The maximum Gasteiger partial charge on any atom is -0.0156 e. The Morgan fingerprint density at radius 3 is 2.42 bits per heavy atom. The lowest BCUT2D eigenvalue weighted by Gasteiger charge is -2.08. The summed E-state index contributed by atoms with van der Waals surface area (Å²) >= 11 is 0. The smallest absolute Gasteiger partial charge is 0.0156 e. The molecule has 0 amide bonds. The Morgan fingerprint density at radius 1 is 1.33 bits per heavy atom. The van der Waals surface area contributed by atoms with Gasteiger partial charge in [-0.15, -0.1) is 6.58 Å². The second kappa shape index (κ2) is 4.10. The summed E-state index contributed by atoms with van der Waals surface area (Å²) in [6.07, 6.45) is 3.04. The van der Waals surface area contributed by atoms with Crippen LogP contribution in [0.15, 0.2) is 36.9 Å². The normalized spacial score (nSPS) is 12.5. The van der Waals surface area contributed by atoms with Crippen molar-refractivity contribution in [3.63, 3.8) is 0 Å². The highest BCUT2D eigenvalue weighted by molar-refractivity contribution is 5.24. The average molecular weight is 160 g/mol. The zero-order valence-corrected chi connectivity index (χ0v) is 7.88. The second-order valence-corrected chi connectivity index (χ2v) is 3.34. The molecule has 12 heavy (non-hydrogen) atoms. The summed E-state index contributed by atoms with van der Waals surface area (Å²) in [5.41, 5.74) is 2.73. The molecular weight excluding hydrogens is 144 g/mol. The van der Waals surface area contributed by atoms with E-state index in [1.165, 1.54) is 11.1 Å². The first-order chi connectivity index (χ1) is 5.74. The fraction of sp³-hybridized carbons (Fsp3) is 0.333. The van der Waals surface area contributed by atoms with Crippen molar-refractivity contribution in [3.8, 4) is 0 Å². The van der Waals surface area contributed by atoms with E-state index in [0.717, 1.165) is 6.42 Å². The van der Waals surface area contributed by atoms with Gasteiger partial charge in [0.2, 0.25) is 0 Å². The monoisotopic (exact) mass is 160 g/mol. The van der Waals surface area contributed by atoms with E-state index in [0.29, 0.717) is 5.92 Å². The van der Waals surface area contributed by atoms with Gasteiger partial charge in [0.05, 0.1) is 0 Å². The van der Waals surface area contributed by atoms with Gasteiger partial charge in [-0.25, -0.2) is 0 Å². The molecule has 0 heterocycles. The summed E-state index contributed by atoms with van der Waals surface area (Å²) in [6, 6.07) is 8.72. The van der Waals surface area contributed by atoms with Gasteiger partial charge in [-0.05, 0) is 24.8 Å². The SMILES string of the molecule is C=CCC(C)c1ccc(C)cc1. The first kappa shape index (κ1) is 9.05. The highest BCUT2D eigenvalue weighted by atomic mass is 14.1. The maximum absolute atomic E-state index is 3.74. The third kappa shape index (κ3) is 2.23. The van der Waals surface area contributed by atoms with Gasteiger partial charge in [0.25, 0.3) is 0 Å². The summed E-state index contributed by atoms with van der Waals surface area (Å²) < 4.78 is 0.